The molecule has 0 saturated carbocycles. The third-order valence-corrected chi connectivity index (χ3v) is 5.04. The molecule has 0 spiro atoms. The predicted molar refractivity (Wildman–Crippen MR) is 85.6 cm³/mol. The Kier molecular flexibility index (Phi) is 4.68. The number of anilines is 2. The van der Waals surface area contributed by atoms with Gasteiger partial charge in [0.15, 0.2) is 5.15 Å². The molecule has 1 N–H and O–H groups in total. The summed E-state index contributed by atoms with van der Waals surface area (Å²) < 4.78 is 26.6. The lowest BCUT2D eigenvalue weighted by molar-refractivity contribution is -0.114. The smallest absolute Gasteiger partial charge is 0.266 e. The van der Waals surface area contributed by atoms with Crippen LogP contribution in [0.4, 0.5) is 11.4 Å². The first kappa shape index (κ1) is 16.3. The Hall–Kier alpha value is -2.12. The maximum Gasteiger partial charge on any atom is 0.266 e. The van der Waals surface area contributed by atoms with E-state index >= 15 is 0 Å². The second kappa shape index (κ2) is 6.33. The average molecular weight is 340 g/mol. The first-order chi connectivity index (χ1) is 10.3. The number of aromatic nitrogens is 1. The Morgan fingerprint density at radius 3 is 2.55 bits per heavy atom. The van der Waals surface area contributed by atoms with E-state index in [1.807, 2.05) is 0 Å². The van der Waals surface area contributed by atoms with Crippen LogP contribution in [0.5, 0.6) is 0 Å². The van der Waals surface area contributed by atoms with Gasteiger partial charge >= 0.3 is 0 Å². The van der Waals surface area contributed by atoms with E-state index in [0.29, 0.717) is 0 Å². The van der Waals surface area contributed by atoms with Crippen molar-refractivity contribution < 1.29 is 13.2 Å². The van der Waals surface area contributed by atoms with Crippen molar-refractivity contribution in [3.63, 3.8) is 0 Å². The maximum atomic E-state index is 12.8. The topological polar surface area (TPSA) is 79.4 Å². The molecule has 0 bridgehead atoms. The van der Waals surface area contributed by atoms with Gasteiger partial charge in [-0.2, -0.15) is 0 Å². The van der Waals surface area contributed by atoms with Crippen molar-refractivity contribution in [1.82, 2.24) is 4.98 Å². The second-order valence-corrected chi connectivity index (χ2v) is 6.76. The largest absolute Gasteiger partial charge is 0.325 e. The van der Waals surface area contributed by atoms with Gasteiger partial charge in [0.25, 0.3) is 10.0 Å². The van der Waals surface area contributed by atoms with Crippen molar-refractivity contribution in [3.05, 3.63) is 47.7 Å². The Morgan fingerprint density at radius 1 is 1.23 bits per heavy atom. The van der Waals surface area contributed by atoms with Crippen LogP contribution in [0.25, 0.3) is 0 Å². The number of benzene rings is 1. The number of carbonyl (C=O) groups is 1. The summed E-state index contributed by atoms with van der Waals surface area (Å²) in [5.41, 5.74) is 0.462. The van der Waals surface area contributed by atoms with E-state index < -0.39 is 10.0 Å². The molecule has 1 heterocycles. The quantitative estimate of drug-likeness (QED) is 0.868. The summed E-state index contributed by atoms with van der Waals surface area (Å²) in [5, 5.41) is 2.58. The molecular weight excluding hydrogens is 326 g/mol. The standard InChI is InChI=1S/C14H14ClN3O3S/c1-10(19)17-11-6-3-4-8-13(11)22(20,21)18(2)12-7-5-9-16-14(12)15/h3-9H,1-2H3,(H,17,19). The van der Waals surface area contributed by atoms with Gasteiger partial charge in [0.2, 0.25) is 5.91 Å². The fraction of sp³-hybridized carbons (Fsp3) is 0.143. The number of rotatable bonds is 4. The highest BCUT2D eigenvalue weighted by Gasteiger charge is 2.26. The molecule has 0 fully saturated rings. The molecule has 0 aliphatic carbocycles. The number of nitrogens with zero attached hydrogens (tertiary/aromatic N) is 2. The Labute approximate surface area is 133 Å². The van der Waals surface area contributed by atoms with Crippen molar-refractivity contribution >= 4 is 38.9 Å². The Bertz CT molecular complexity index is 808. The molecule has 8 heteroatoms. The lowest BCUT2D eigenvalue weighted by atomic mass is 10.3. The molecule has 1 amide bonds. The molecular formula is C14H14ClN3O3S. The van der Waals surface area contributed by atoms with Crippen LogP contribution >= 0.6 is 11.6 Å². The molecule has 0 aliphatic heterocycles. The van der Waals surface area contributed by atoms with Crippen molar-refractivity contribution in [1.29, 1.82) is 0 Å². The molecule has 0 saturated heterocycles. The summed E-state index contributed by atoms with van der Waals surface area (Å²) in [7, 11) is -2.52. The highest BCUT2D eigenvalue weighted by atomic mass is 35.5. The minimum Gasteiger partial charge on any atom is -0.325 e. The number of nitrogens with one attached hydrogen (secondary N) is 1. The third-order valence-electron chi connectivity index (χ3n) is 2.91. The Balaban J connectivity index is 2.52. The van der Waals surface area contributed by atoms with Crippen molar-refractivity contribution in [2.45, 2.75) is 11.8 Å². The predicted octanol–water partition coefficient (Wildman–Crippen LogP) is 2.52. The second-order valence-electron chi connectivity index (χ2n) is 4.46. The molecule has 0 radical (unpaired) electrons. The highest BCUT2D eigenvalue weighted by Crippen LogP contribution is 2.30. The van der Waals surface area contributed by atoms with Gasteiger partial charge in [0.05, 0.1) is 11.4 Å². The molecule has 2 rings (SSSR count). The number of hydrogen-bond donors (Lipinski definition) is 1. The van der Waals surface area contributed by atoms with E-state index in [4.69, 9.17) is 11.6 Å². The van der Waals surface area contributed by atoms with E-state index in [0.717, 1.165) is 4.31 Å². The molecule has 2 aromatic rings. The van der Waals surface area contributed by atoms with Crippen LogP contribution < -0.4 is 9.62 Å². The molecule has 116 valence electrons. The molecule has 6 nitrogen and oxygen atoms in total. The number of halogens is 1. The number of carbonyl (C=O) groups excluding carboxylic acids is 1. The SMILES string of the molecule is CC(=O)Nc1ccccc1S(=O)(=O)N(C)c1cccnc1Cl. The molecule has 0 aliphatic rings. The van der Waals surface area contributed by atoms with Crippen LogP contribution in [0.2, 0.25) is 5.15 Å². The number of sulfonamides is 1. The molecule has 1 aromatic heterocycles. The first-order valence-electron chi connectivity index (χ1n) is 6.30. The minimum absolute atomic E-state index is 0.0207. The Morgan fingerprint density at radius 2 is 1.91 bits per heavy atom. The van der Waals surface area contributed by atoms with E-state index in [1.165, 1.54) is 32.3 Å². The summed E-state index contributed by atoms with van der Waals surface area (Å²) in [5.74, 6) is -0.357. The normalized spacial score (nSPS) is 11.0. The van der Waals surface area contributed by atoms with Gasteiger partial charge in [-0.1, -0.05) is 23.7 Å². The number of para-hydroxylation sites is 1. The molecule has 0 unspecified atom stereocenters. The highest BCUT2D eigenvalue weighted by molar-refractivity contribution is 7.93. The van der Waals surface area contributed by atoms with Gasteiger partial charge in [-0.05, 0) is 24.3 Å². The zero-order valence-electron chi connectivity index (χ0n) is 11.9. The van der Waals surface area contributed by atoms with Gasteiger partial charge in [0.1, 0.15) is 4.90 Å². The molecule has 22 heavy (non-hydrogen) atoms. The third kappa shape index (κ3) is 3.20. The van der Waals surface area contributed by atoms with Crippen LogP contribution in [-0.4, -0.2) is 26.4 Å². The van der Waals surface area contributed by atoms with E-state index in [-0.39, 0.29) is 27.3 Å². The lowest BCUT2D eigenvalue weighted by Crippen LogP contribution is -2.28. The van der Waals surface area contributed by atoms with Crippen LogP contribution in [0.15, 0.2) is 47.5 Å². The fourth-order valence-corrected chi connectivity index (χ4v) is 3.52. The average Bonchev–Trinajstić information content (AvgIpc) is 2.47. The van der Waals surface area contributed by atoms with Crippen molar-refractivity contribution in [2.75, 3.05) is 16.7 Å². The van der Waals surface area contributed by atoms with Gasteiger partial charge in [-0.15, -0.1) is 0 Å². The number of hydrogen-bond acceptors (Lipinski definition) is 4. The number of pyridine rings is 1. The monoisotopic (exact) mass is 339 g/mol. The molecule has 0 atom stereocenters. The van der Waals surface area contributed by atoms with Crippen LogP contribution in [0.3, 0.4) is 0 Å². The minimum atomic E-state index is -3.90. The lowest BCUT2D eigenvalue weighted by Gasteiger charge is -2.21. The van der Waals surface area contributed by atoms with Gasteiger partial charge in [0, 0.05) is 20.2 Å². The van der Waals surface area contributed by atoms with E-state index in [2.05, 4.69) is 10.3 Å². The summed E-state index contributed by atoms with van der Waals surface area (Å²) in [4.78, 5) is 15.1. The van der Waals surface area contributed by atoms with E-state index in [1.54, 1.807) is 24.3 Å². The van der Waals surface area contributed by atoms with Crippen molar-refractivity contribution in [2.24, 2.45) is 0 Å². The van der Waals surface area contributed by atoms with Crippen LogP contribution in [0.1, 0.15) is 6.92 Å². The van der Waals surface area contributed by atoms with E-state index in [9.17, 15) is 13.2 Å². The van der Waals surface area contributed by atoms with Crippen LogP contribution in [-0.2, 0) is 14.8 Å². The van der Waals surface area contributed by atoms with Gasteiger partial charge in [-0.3, -0.25) is 9.10 Å². The van der Waals surface area contributed by atoms with Gasteiger partial charge in [-0.25, -0.2) is 13.4 Å². The first-order valence-corrected chi connectivity index (χ1v) is 8.12. The zero-order chi connectivity index (χ0) is 16.3. The van der Waals surface area contributed by atoms with Gasteiger partial charge < -0.3 is 5.32 Å². The zero-order valence-corrected chi connectivity index (χ0v) is 13.5. The summed E-state index contributed by atoms with van der Waals surface area (Å²) in [6.45, 7) is 1.31. The fourth-order valence-electron chi connectivity index (χ4n) is 1.87. The number of amides is 1. The van der Waals surface area contributed by atoms with Crippen molar-refractivity contribution in [3.8, 4) is 0 Å². The summed E-state index contributed by atoms with van der Waals surface area (Å²) in [6, 6.07) is 9.30. The molecule has 1 aromatic carbocycles. The summed E-state index contributed by atoms with van der Waals surface area (Å²) >= 11 is 5.95. The maximum absolute atomic E-state index is 12.8. The van der Waals surface area contributed by atoms with Crippen LogP contribution in [0, 0.1) is 0 Å². The summed E-state index contributed by atoms with van der Waals surface area (Å²) in [6.07, 6.45) is 1.47.